The molecule has 0 amide bonds. The van der Waals surface area contributed by atoms with E-state index in [-0.39, 0.29) is 6.42 Å². The van der Waals surface area contributed by atoms with Crippen molar-refractivity contribution in [1.29, 1.82) is 0 Å². The van der Waals surface area contributed by atoms with Crippen LogP contribution in [0.3, 0.4) is 0 Å². The number of unbranched alkanes of at least 4 members (excludes halogenated alkanes) is 9. The summed E-state index contributed by atoms with van der Waals surface area (Å²) in [6, 6.07) is 0. The Hall–Kier alpha value is -1.96. The number of hydrogen-bond acceptors (Lipinski definition) is 12. The predicted molar refractivity (Wildman–Crippen MR) is 142 cm³/mol. The van der Waals surface area contributed by atoms with E-state index in [1.54, 1.807) is 0 Å². The number of esters is 2. The quantitative estimate of drug-likeness (QED) is 0.0965. The van der Waals surface area contributed by atoms with Crippen molar-refractivity contribution in [2.24, 2.45) is 5.92 Å². The zero-order valence-corrected chi connectivity index (χ0v) is 23.7. The number of carbonyl (C=O) groups excluding carboxylic acids is 2. The van der Waals surface area contributed by atoms with Crippen LogP contribution < -0.4 is 0 Å². The fourth-order valence-electron chi connectivity index (χ4n) is 4.68. The predicted octanol–water partition coefficient (Wildman–Crippen LogP) is 1.74. The third kappa shape index (κ3) is 10.8. The van der Waals surface area contributed by atoms with E-state index >= 15 is 0 Å². The molecule has 1 saturated heterocycles. The normalized spacial score (nSPS) is 27.6. The Morgan fingerprint density at radius 2 is 1.48 bits per heavy atom. The van der Waals surface area contributed by atoms with Crippen molar-refractivity contribution >= 4 is 11.9 Å². The topological polar surface area (TPSA) is 192 Å². The number of carbonyl (C=O) groups is 2. The molecular weight excluding hydrogens is 528 g/mol. The molecule has 0 saturated carbocycles. The van der Waals surface area contributed by atoms with Gasteiger partial charge in [-0.1, -0.05) is 78.1 Å². The van der Waals surface area contributed by atoms with Gasteiger partial charge in [0.25, 0.3) is 0 Å². The summed E-state index contributed by atoms with van der Waals surface area (Å²) in [5.41, 5.74) is 0. The Kier molecular flexibility index (Phi) is 15.2. The molecule has 7 atom stereocenters. The maximum absolute atomic E-state index is 12.2. The Labute approximate surface area is 235 Å². The van der Waals surface area contributed by atoms with Gasteiger partial charge < -0.3 is 49.6 Å². The van der Waals surface area contributed by atoms with Crippen molar-refractivity contribution < 1.29 is 59.2 Å². The van der Waals surface area contributed by atoms with E-state index in [1.807, 2.05) is 0 Å². The maximum Gasteiger partial charge on any atom is 0.378 e. The second kappa shape index (κ2) is 17.8. The number of rotatable bonds is 19. The monoisotopic (exact) mass is 576 g/mol. The van der Waals surface area contributed by atoms with Gasteiger partial charge in [0.1, 0.15) is 37.1 Å². The second-order valence-electron chi connectivity index (χ2n) is 11.1. The largest absolute Gasteiger partial charge is 0.505 e. The SMILES string of the molecule is CC(C)CCCCCCCCCCCCC(=O)OC[C@H](O)[C@H]1OC(=O)C(OC2O[C@H](CO)[C@@H](O)[C@H](O)[C@H]2O)=C1O. The van der Waals surface area contributed by atoms with Crippen molar-refractivity contribution in [2.75, 3.05) is 13.2 Å². The number of aliphatic hydroxyl groups is 6. The summed E-state index contributed by atoms with van der Waals surface area (Å²) >= 11 is 0. The molecule has 0 radical (unpaired) electrons. The van der Waals surface area contributed by atoms with E-state index in [0.29, 0.717) is 6.42 Å². The maximum atomic E-state index is 12.2. The minimum atomic E-state index is -1.82. The molecule has 1 fully saturated rings. The van der Waals surface area contributed by atoms with Gasteiger partial charge in [-0.2, -0.15) is 0 Å². The third-order valence-electron chi connectivity index (χ3n) is 7.18. The number of ether oxygens (including phenoxy) is 4. The number of aliphatic hydroxyl groups excluding tert-OH is 6. The molecule has 0 aliphatic carbocycles. The average Bonchev–Trinajstić information content (AvgIpc) is 3.20. The highest BCUT2D eigenvalue weighted by molar-refractivity contribution is 5.89. The lowest BCUT2D eigenvalue weighted by Crippen LogP contribution is -2.59. The first-order valence-corrected chi connectivity index (χ1v) is 14.5. The van der Waals surface area contributed by atoms with Gasteiger partial charge in [0.05, 0.1) is 6.61 Å². The van der Waals surface area contributed by atoms with Crippen LogP contribution in [0, 0.1) is 5.92 Å². The summed E-state index contributed by atoms with van der Waals surface area (Å²) in [7, 11) is 0. The molecular formula is C28H48O12. The lowest BCUT2D eigenvalue weighted by atomic mass is 9.99. The summed E-state index contributed by atoms with van der Waals surface area (Å²) in [4.78, 5) is 24.2. The van der Waals surface area contributed by atoms with Gasteiger partial charge in [-0.25, -0.2) is 4.79 Å². The van der Waals surface area contributed by atoms with Crippen LogP contribution >= 0.6 is 0 Å². The Morgan fingerprint density at radius 1 is 0.900 bits per heavy atom. The van der Waals surface area contributed by atoms with Crippen molar-refractivity contribution in [2.45, 2.75) is 134 Å². The molecule has 2 aliphatic rings. The van der Waals surface area contributed by atoms with Crippen LogP contribution in [-0.4, -0.2) is 98.7 Å². The van der Waals surface area contributed by atoms with Crippen LogP contribution in [0.5, 0.6) is 0 Å². The summed E-state index contributed by atoms with van der Waals surface area (Å²) in [6.45, 7) is 3.26. The molecule has 0 aromatic heterocycles. The van der Waals surface area contributed by atoms with Gasteiger partial charge in [-0.05, 0) is 12.3 Å². The number of cyclic esters (lactones) is 1. The highest BCUT2D eigenvalue weighted by Gasteiger charge is 2.48. The van der Waals surface area contributed by atoms with Crippen LogP contribution in [0.15, 0.2) is 11.5 Å². The van der Waals surface area contributed by atoms with E-state index in [9.17, 15) is 40.2 Å². The molecule has 2 rings (SSSR count). The lowest BCUT2D eigenvalue weighted by molar-refractivity contribution is -0.291. The molecule has 0 aromatic rings. The molecule has 0 bridgehead atoms. The summed E-state index contributed by atoms with van der Waals surface area (Å²) in [6.07, 6.45) is 1.43. The molecule has 12 heteroatoms. The first-order chi connectivity index (χ1) is 19.1. The highest BCUT2D eigenvalue weighted by Crippen LogP contribution is 2.29. The molecule has 232 valence electrons. The zero-order valence-electron chi connectivity index (χ0n) is 23.7. The smallest absolute Gasteiger partial charge is 0.378 e. The zero-order chi connectivity index (χ0) is 29.7. The van der Waals surface area contributed by atoms with Crippen LogP contribution in [-0.2, 0) is 28.5 Å². The molecule has 0 spiro atoms. The molecule has 2 aliphatic heterocycles. The molecule has 40 heavy (non-hydrogen) atoms. The number of hydrogen-bond donors (Lipinski definition) is 6. The van der Waals surface area contributed by atoms with Crippen LogP contribution in [0.1, 0.15) is 90.9 Å². The Balaban J connectivity index is 1.63. The fraction of sp³-hybridized carbons (Fsp3) is 0.857. The van der Waals surface area contributed by atoms with Crippen molar-refractivity contribution in [3.63, 3.8) is 0 Å². The molecule has 2 heterocycles. The van der Waals surface area contributed by atoms with Crippen LogP contribution in [0.25, 0.3) is 0 Å². The van der Waals surface area contributed by atoms with Gasteiger partial charge in [0, 0.05) is 6.42 Å². The third-order valence-corrected chi connectivity index (χ3v) is 7.18. The van der Waals surface area contributed by atoms with E-state index in [0.717, 1.165) is 25.2 Å². The minimum Gasteiger partial charge on any atom is -0.505 e. The molecule has 1 unspecified atom stereocenters. The Bertz CT molecular complexity index is 798. The van der Waals surface area contributed by atoms with Crippen LogP contribution in [0.2, 0.25) is 0 Å². The fourth-order valence-corrected chi connectivity index (χ4v) is 4.68. The van der Waals surface area contributed by atoms with Gasteiger partial charge in [0.2, 0.25) is 12.0 Å². The van der Waals surface area contributed by atoms with Gasteiger partial charge in [0.15, 0.2) is 11.9 Å². The summed E-state index contributed by atoms with van der Waals surface area (Å²) in [5.74, 6) is -2.53. The lowest BCUT2D eigenvalue weighted by Gasteiger charge is -2.39. The summed E-state index contributed by atoms with van der Waals surface area (Å²) < 4.78 is 20.3. The van der Waals surface area contributed by atoms with Crippen LogP contribution in [0.4, 0.5) is 0 Å². The van der Waals surface area contributed by atoms with E-state index in [2.05, 4.69) is 13.8 Å². The first-order valence-electron chi connectivity index (χ1n) is 14.5. The molecule has 12 nitrogen and oxygen atoms in total. The molecule has 6 N–H and O–H groups in total. The molecule has 0 aromatic carbocycles. The second-order valence-corrected chi connectivity index (χ2v) is 11.1. The Morgan fingerprint density at radius 3 is 2.05 bits per heavy atom. The highest BCUT2D eigenvalue weighted by atomic mass is 16.7. The average molecular weight is 577 g/mol. The first kappa shape index (κ1) is 34.2. The van der Waals surface area contributed by atoms with E-state index < -0.39 is 79.6 Å². The van der Waals surface area contributed by atoms with E-state index in [4.69, 9.17) is 18.9 Å². The van der Waals surface area contributed by atoms with E-state index in [1.165, 1.54) is 44.9 Å². The van der Waals surface area contributed by atoms with Gasteiger partial charge in [-0.3, -0.25) is 4.79 Å². The van der Waals surface area contributed by atoms with Crippen molar-refractivity contribution in [3.8, 4) is 0 Å². The summed E-state index contributed by atoms with van der Waals surface area (Å²) in [5, 5.41) is 59.7. The minimum absolute atomic E-state index is 0.181. The van der Waals surface area contributed by atoms with Crippen molar-refractivity contribution in [3.05, 3.63) is 11.5 Å². The van der Waals surface area contributed by atoms with Crippen molar-refractivity contribution in [1.82, 2.24) is 0 Å². The van der Waals surface area contributed by atoms with Gasteiger partial charge >= 0.3 is 11.9 Å². The van der Waals surface area contributed by atoms with Gasteiger partial charge in [-0.15, -0.1) is 0 Å². The standard InChI is InChI=1S/C28H48O12/c1-17(2)13-11-9-7-5-3-4-6-8-10-12-14-20(31)37-16-18(30)25-24(35)26(27(36)39-25)40-28-23(34)22(33)21(32)19(15-29)38-28/h17-19,21-23,25,28-30,32-35H,3-16H2,1-2H3/t18-,19+,21+,22-,23+,25+,28?/m0/s1.